The molecule has 0 aliphatic heterocycles. The summed E-state index contributed by atoms with van der Waals surface area (Å²) >= 11 is 0. The van der Waals surface area contributed by atoms with E-state index < -0.39 is 0 Å². The zero-order valence-corrected chi connectivity index (χ0v) is 44.5. The molecule has 0 N–H and O–H groups in total. The molecule has 12 rings (SSSR count). The fourth-order valence-corrected chi connectivity index (χ4v) is 10.8. The van der Waals surface area contributed by atoms with Crippen molar-refractivity contribution in [2.45, 2.75) is 41.5 Å². The summed E-state index contributed by atoms with van der Waals surface area (Å²) in [6.07, 6.45) is 0. The van der Waals surface area contributed by atoms with Crippen LogP contribution >= 0.6 is 0 Å². The van der Waals surface area contributed by atoms with Gasteiger partial charge in [0.1, 0.15) is 0 Å². The summed E-state index contributed by atoms with van der Waals surface area (Å²) < 4.78 is 0. The average molecular weight is 1010 g/mol. The molecule has 2 heterocycles. The third kappa shape index (κ3) is 9.79. The second-order valence-electron chi connectivity index (χ2n) is 20.0. The Morgan fingerprint density at radius 1 is 0.256 bits per heavy atom. The van der Waals surface area contributed by atoms with Crippen molar-refractivity contribution in [1.82, 2.24) is 29.9 Å². The molecule has 8 heteroatoms. The zero-order valence-electron chi connectivity index (χ0n) is 44.5. The van der Waals surface area contributed by atoms with Crippen LogP contribution in [0.5, 0.6) is 0 Å². The van der Waals surface area contributed by atoms with Gasteiger partial charge >= 0.3 is 0 Å². The van der Waals surface area contributed by atoms with E-state index in [1.807, 2.05) is 77.7 Å². The zero-order chi connectivity index (χ0) is 53.3. The Balaban J connectivity index is 1.12. The van der Waals surface area contributed by atoms with Gasteiger partial charge in [0.15, 0.2) is 23.3 Å². The number of hydrogen-bond acceptors (Lipinski definition) is 8. The molecule has 0 unspecified atom stereocenters. The van der Waals surface area contributed by atoms with Crippen molar-refractivity contribution >= 4 is 45.4 Å². The summed E-state index contributed by atoms with van der Waals surface area (Å²) in [5.41, 5.74) is 18.9. The van der Waals surface area contributed by atoms with Gasteiger partial charge in [-0.15, -0.1) is 0 Å². The van der Waals surface area contributed by atoms with Crippen LogP contribution in [0.15, 0.2) is 231 Å². The van der Waals surface area contributed by atoms with Crippen molar-refractivity contribution in [2.24, 2.45) is 0 Å². The lowest BCUT2D eigenvalue weighted by atomic mass is 9.95. The quantitative estimate of drug-likeness (QED) is 0.120. The number of rotatable bonds is 12. The van der Waals surface area contributed by atoms with Gasteiger partial charge < -0.3 is 4.90 Å². The van der Waals surface area contributed by atoms with Gasteiger partial charge in [-0.2, -0.15) is 19.9 Å². The molecule has 2 aromatic heterocycles. The molecule has 0 aliphatic rings. The van der Waals surface area contributed by atoms with E-state index in [9.17, 15) is 0 Å². The second kappa shape index (κ2) is 21.0. The molecule has 0 bridgehead atoms. The standard InChI is InChI=1S/C70H56N8/c1-45-39-47(3)63(48(4)40-45)77(64-49(5)41-46(2)42-50(64)6)59-35-37-60(38-36-59)78(69-73-65(54-25-15-9-16-26-54)71-67(75-69)56-33-31-52(32-34-56)51-21-11-7-12-22-51)70-74-66(55-27-17-10-18-28-55)72-68(76-70)62-44-58-30-20-19-29-57(58)43-61(62)53-23-13-8-14-24-53/h7-44H,1-6H3. The van der Waals surface area contributed by atoms with Crippen molar-refractivity contribution in [1.29, 1.82) is 0 Å². The number of hydrogen-bond donors (Lipinski definition) is 0. The summed E-state index contributed by atoms with van der Waals surface area (Å²) in [6.45, 7) is 13.1. The molecule has 0 aliphatic carbocycles. The smallest absolute Gasteiger partial charge is 0.241 e. The van der Waals surface area contributed by atoms with Gasteiger partial charge in [0.25, 0.3) is 0 Å². The lowest BCUT2D eigenvalue weighted by Crippen LogP contribution is -2.19. The van der Waals surface area contributed by atoms with E-state index in [1.165, 1.54) is 33.4 Å². The van der Waals surface area contributed by atoms with Crippen LogP contribution in [0.4, 0.5) is 34.6 Å². The van der Waals surface area contributed by atoms with Crippen molar-refractivity contribution in [2.75, 3.05) is 9.80 Å². The minimum absolute atomic E-state index is 0.335. The molecule has 0 saturated carbocycles. The summed E-state index contributed by atoms with van der Waals surface area (Å²) in [5.74, 6) is 2.68. The van der Waals surface area contributed by atoms with Crippen LogP contribution in [0.3, 0.4) is 0 Å². The number of nitrogens with zero attached hydrogens (tertiary/aromatic N) is 8. The average Bonchev–Trinajstić information content (AvgIpc) is 3.57. The molecule has 376 valence electrons. The first kappa shape index (κ1) is 49.0. The van der Waals surface area contributed by atoms with Crippen molar-refractivity contribution < 1.29 is 0 Å². The molecule has 0 spiro atoms. The van der Waals surface area contributed by atoms with Crippen molar-refractivity contribution in [3.63, 3.8) is 0 Å². The van der Waals surface area contributed by atoms with Crippen molar-refractivity contribution in [3.8, 4) is 67.8 Å². The van der Waals surface area contributed by atoms with E-state index in [0.29, 0.717) is 35.2 Å². The maximum atomic E-state index is 5.53. The van der Waals surface area contributed by atoms with E-state index in [-0.39, 0.29) is 0 Å². The first-order chi connectivity index (χ1) is 38.1. The third-order valence-corrected chi connectivity index (χ3v) is 14.3. The fraction of sp³-hybridized carbons (Fsp3) is 0.0857. The van der Waals surface area contributed by atoms with Gasteiger partial charge in [-0.3, -0.25) is 0 Å². The number of benzene rings is 10. The van der Waals surface area contributed by atoms with Gasteiger partial charge in [-0.1, -0.05) is 205 Å². The molecular formula is C70H56N8. The Morgan fingerprint density at radius 3 is 1.03 bits per heavy atom. The van der Waals surface area contributed by atoms with Crippen LogP contribution < -0.4 is 9.80 Å². The fourth-order valence-electron chi connectivity index (χ4n) is 10.8. The monoisotopic (exact) mass is 1010 g/mol. The molecule has 0 amide bonds. The van der Waals surface area contributed by atoms with E-state index in [1.54, 1.807) is 0 Å². The number of aromatic nitrogens is 6. The summed E-state index contributed by atoms with van der Waals surface area (Å²) in [5, 5.41) is 2.18. The lowest BCUT2D eigenvalue weighted by Gasteiger charge is -2.32. The first-order valence-electron chi connectivity index (χ1n) is 26.4. The van der Waals surface area contributed by atoms with E-state index in [0.717, 1.165) is 78.0 Å². The molecule has 0 atom stereocenters. The molecular weight excluding hydrogens is 953 g/mol. The molecule has 10 aromatic carbocycles. The molecule has 78 heavy (non-hydrogen) atoms. The summed E-state index contributed by atoms with van der Waals surface area (Å²) in [7, 11) is 0. The Hall–Kier alpha value is -9.92. The highest BCUT2D eigenvalue weighted by Crippen LogP contribution is 2.45. The highest BCUT2D eigenvalue weighted by molar-refractivity contribution is 5.96. The van der Waals surface area contributed by atoms with E-state index in [2.05, 4.69) is 204 Å². The Labute approximate surface area is 456 Å². The maximum Gasteiger partial charge on any atom is 0.241 e. The minimum Gasteiger partial charge on any atom is -0.309 e. The van der Waals surface area contributed by atoms with Gasteiger partial charge in [0.05, 0.1) is 17.1 Å². The first-order valence-corrected chi connectivity index (χ1v) is 26.4. The van der Waals surface area contributed by atoms with E-state index >= 15 is 0 Å². The number of anilines is 6. The predicted octanol–water partition coefficient (Wildman–Crippen LogP) is 18.0. The van der Waals surface area contributed by atoms with Crippen LogP contribution in [-0.4, -0.2) is 29.9 Å². The lowest BCUT2D eigenvalue weighted by molar-refractivity contribution is 0.964. The molecule has 8 nitrogen and oxygen atoms in total. The SMILES string of the molecule is Cc1cc(C)c(N(c2ccc(N(c3nc(-c4ccccc4)nc(-c4ccc(-c5ccccc5)cc4)n3)c3nc(-c4ccccc4)nc(-c4cc5ccccc5cc4-c4ccccc4)n3)cc2)c2c(C)cc(C)cc2C)c(C)c1. The molecule has 0 saturated heterocycles. The summed E-state index contributed by atoms with van der Waals surface area (Å²) in [6, 6.07) is 79.9. The Bertz CT molecular complexity index is 4030. The van der Waals surface area contributed by atoms with Crippen LogP contribution in [-0.2, 0) is 0 Å². The number of fused-ring (bicyclic) bond motifs is 1. The van der Waals surface area contributed by atoms with Crippen LogP contribution in [0, 0.1) is 41.5 Å². The van der Waals surface area contributed by atoms with Gasteiger partial charge in [0, 0.05) is 27.9 Å². The summed E-state index contributed by atoms with van der Waals surface area (Å²) in [4.78, 5) is 36.6. The second-order valence-corrected chi connectivity index (χ2v) is 20.0. The Morgan fingerprint density at radius 2 is 0.577 bits per heavy atom. The minimum atomic E-state index is 0.335. The normalized spacial score (nSPS) is 11.2. The van der Waals surface area contributed by atoms with Crippen molar-refractivity contribution in [3.05, 3.63) is 264 Å². The van der Waals surface area contributed by atoms with Gasteiger partial charge in [-0.05, 0) is 133 Å². The topological polar surface area (TPSA) is 83.8 Å². The number of aryl methyl sites for hydroxylation is 6. The van der Waals surface area contributed by atoms with Gasteiger partial charge in [-0.25, -0.2) is 14.9 Å². The van der Waals surface area contributed by atoms with E-state index in [4.69, 9.17) is 29.9 Å². The molecule has 12 aromatic rings. The predicted molar refractivity (Wildman–Crippen MR) is 321 cm³/mol. The third-order valence-electron chi connectivity index (χ3n) is 14.3. The van der Waals surface area contributed by atoms with Crippen LogP contribution in [0.2, 0.25) is 0 Å². The highest BCUT2D eigenvalue weighted by atomic mass is 15.4. The maximum absolute atomic E-state index is 5.53. The highest BCUT2D eigenvalue weighted by Gasteiger charge is 2.27. The Kier molecular flexibility index (Phi) is 13.2. The largest absolute Gasteiger partial charge is 0.309 e. The van der Waals surface area contributed by atoms with Gasteiger partial charge in [0.2, 0.25) is 11.9 Å². The van der Waals surface area contributed by atoms with Crippen LogP contribution in [0.25, 0.3) is 78.6 Å². The molecule has 0 fully saturated rings. The van der Waals surface area contributed by atoms with Crippen LogP contribution in [0.1, 0.15) is 33.4 Å². The molecule has 0 radical (unpaired) electrons.